The van der Waals surface area contributed by atoms with Crippen molar-refractivity contribution in [3.05, 3.63) is 90.2 Å². The van der Waals surface area contributed by atoms with Gasteiger partial charge in [0.1, 0.15) is 12.4 Å². The van der Waals surface area contributed by atoms with Crippen molar-refractivity contribution in [1.29, 1.82) is 0 Å². The number of ether oxygens (including phenoxy) is 3. The maximum atomic E-state index is 13.1. The molecule has 4 rings (SSSR count). The number of para-hydroxylation sites is 2. The topological polar surface area (TPSA) is 73.9 Å². The Balaban J connectivity index is 1.51. The third-order valence-corrected chi connectivity index (χ3v) is 4.46. The largest absolute Gasteiger partial charge is 0.485 e. The van der Waals surface area contributed by atoms with Gasteiger partial charge in [-0.1, -0.05) is 42.5 Å². The van der Waals surface area contributed by atoms with E-state index in [1.807, 2.05) is 0 Å². The maximum absolute atomic E-state index is 13.1. The van der Waals surface area contributed by atoms with E-state index in [2.05, 4.69) is 5.32 Å². The van der Waals surface area contributed by atoms with Gasteiger partial charge in [-0.2, -0.15) is 0 Å². The average Bonchev–Trinajstić information content (AvgIpc) is 2.79. The Morgan fingerprint density at radius 2 is 1.60 bits per heavy atom. The number of esters is 1. The summed E-state index contributed by atoms with van der Waals surface area (Å²) in [6.07, 6.45) is -2.23. The molecule has 0 aromatic heterocycles. The first-order valence-electron chi connectivity index (χ1n) is 9.30. The zero-order chi connectivity index (χ0) is 20.9. The number of carbonyl (C=O) groups is 2. The van der Waals surface area contributed by atoms with E-state index in [9.17, 15) is 14.0 Å². The summed E-state index contributed by atoms with van der Waals surface area (Å²) in [5.74, 6) is -0.757. The van der Waals surface area contributed by atoms with Crippen LogP contribution in [0.3, 0.4) is 0 Å². The maximum Gasteiger partial charge on any atom is 0.352 e. The van der Waals surface area contributed by atoms with Crippen molar-refractivity contribution in [3.63, 3.8) is 0 Å². The molecule has 0 radical (unpaired) electrons. The Kier molecular flexibility index (Phi) is 5.61. The van der Waals surface area contributed by atoms with Crippen molar-refractivity contribution in [3.8, 4) is 11.5 Å². The second-order valence-electron chi connectivity index (χ2n) is 6.59. The van der Waals surface area contributed by atoms with Crippen molar-refractivity contribution >= 4 is 17.6 Å². The van der Waals surface area contributed by atoms with E-state index in [0.29, 0.717) is 22.7 Å². The van der Waals surface area contributed by atoms with Gasteiger partial charge in [-0.25, -0.2) is 9.18 Å². The molecule has 30 heavy (non-hydrogen) atoms. The summed E-state index contributed by atoms with van der Waals surface area (Å²) < 4.78 is 29.9. The highest BCUT2D eigenvalue weighted by Gasteiger charge is 2.33. The summed E-state index contributed by atoms with van der Waals surface area (Å²) in [5.41, 5.74) is 0.868. The third kappa shape index (κ3) is 4.41. The van der Waals surface area contributed by atoms with E-state index in [1.54, 1.807) is 54.6 Å². The Bertz CT molecular complexity index is 1040. The molecule has 3 aromatic rings. The van der Waals surface area contributed by atoms with E-state index in [1.165, 1.54) is 24.3 Å². The lowest BCUT2D eigenvalue weighted by Crippen LogP contribution is -2.39. The van der Waals surface area contributed by atoms with Gasteiger partial charge in [0.15, 0.2) is 11.5 Å². The number of hydrogen-bond acceptors (Lipinski definition) is 5. The number of carbonyl (C=O) groups excluding carboxylic acids is 2. The molecular weight excluding hydrogens is 389 g/mol. The van der Waals surface area contributed by atoms with Gasteiger partial charge in [0.05, 0.1) is 0 Å². The predicted molar refractivity (Wildman–Crippen MR) is 107 cm³/mol. The third-order valence-electron chi connectivity index (χ3n) is 4.46. The van der Waals surface area contributed by atoms with Gasteiger partial charge >= 0.3 is 5.97 Å². The van der Waals surface area contributed by atoms with Crippen LogP contribution in [0.4, 0.5) is 10.1 Å². The van der Waals surface area contributed by atoms with Gasteiger partial charge in [0.2, 0.25) is 12.2 Å². The van der Waals surface area contributed by atoms with E-state index in [4.69, 9.17) is 14.2 Å². The molecule has 1 N–H and O–H groups in total. The Morgan fingerprint density at radius 1 is 0.933 bits per heavy atom. The van der Waals surface area contributed by atoms with E-state index >= 15 is 0 Å². The van der Waals surface area contributed by atoms with Crippen LogP contribution in [0.15, 0.2) is 78.9 Å². The Hall–Kier alpha value is -3.87. The summed E-state index contributed by atoms with van der Waals surface area (Å²) >= 11 is 0. The first-order valence-corrected chi connectivity index (χ1v) is 9.30. The molecule has 1 aliphatic rings. The highest BCUT2D eigenvalue weighted by atomic mass is 19.1. The van der Waals surface area contributed by atoms with Crippen LogP contribution in [0.25, 0.3) is 0 Å². The lowest BCUT2D eigenvalue weighted by atomic mass is 10.1. The molecule has 1 amide bonds. The lowest BCUT2D eigenvalue weighted by molar-refractivity contribution is -0.164. The molecule has 3 aromatic carbocycles. The standard InChI is InChI=1S/C23H18FNO5/c24-16-10-12-17(13-11-16)25-22(26)21(15-6-2-1-3-7-15)30-23(27)20-14-28-18-8-4-5-9-19(18)29-20/h1-13,20-21H,14H2,(H,25,26)/t20-,21-/m1/s1. The fourth-order valence-electron chi connectivity index (χ4n) is 2.97. The van der Waals surface area contributed by atoms with Gasteiger partial charge in [-0.15, -0.1) is 0 Å². The monoisotopic (exact) mass is 407 g/mol. The first kappa shape index (κ1) is 19.4. The van der Waals surface area contributed by atoms with Crippen LogP contribution in [0.1, 0.15) is 11.7 Å². The number of hydrogen-bond donors (Lipinski definition) is 1. The fourth-order valence-corrected chi connectivity index (χ4v) is 2.97. The van der Waals surface area contributed by atoms with Gasteiger partial charge in [-0.05, 0) is 36.4 Å². The van der Waals surface area contributed by atoms with Gasteiger partial charge in [0.25, 0.3) is 5.91 Å². The van der Waals surface area contributed by atoms with Crippen LogP contribution in [0.5, 0.6) is 11.5 Å². The molecule has 0 bridgehead atoms. The zero-order valence-electron chi connectivity index (χ0n) is 15.8. The van der Waals surface area contributed by atoms with Crippen LogP contribution in [0, 0.1) is 5.82 Å². The van der Waals surface area contributed by atoms with Crippen molar-refractivity contribution in [2.45, 2.75) is 12.2 Å². The molecule has 6 nitrogen and oxygen atoms in total. The number of amides is 1. The lowest BCUT2D eigenvalue weighted by Gasteiger charge is -2.26. The highest BCUT2D eigenvalue weighted by Crippen LogP contribution is 2.32. The molecule has 152 valence electrons. The molecule has 0 aliphatic carbocycles. The fraction of sp³-hybridized carbons (Fsp3) is 0.130. The highest BCUT2D eigenvalue weighted by molar-refractivity contribution is 5.96. The van der Waals surface area contributed by atoms with Crippen molar-refractivity contribution in [2.24, 2.45) is 0 Å². The van der Waals surface area contributed by atoms with E-state index < -0.39 is 29.9 Å². The molecule has 0 unspecified atom stereocenters. The predicted octanol–water partition coefficient (Wildman–Crippen LogP) is 3.89. The van der Waals surface area contributed by atoms with Gasteiger partial charge in [0, 0.05) is 11.3 Å². The second-order valence-corrected chi connectivity index (χ2v) is 6.59. The first-order chi connectivity index (χ1) is 14.6. The molecule has 1 aliphatic heterocycles. The van der Waals surface area contributed by atoms with Gasteiger partial charge < -0.3 is 19.5 Å². The van der Waals surface area contributed by atoms with Gasteiger partial charge in [-0.3, -0.25) is 4.79 Å². The summed E-state index contributed by atoms with van der Waals surface area (Å²) in [4.78, 5) is 25.6. The molecule has 0 fully saturated rings. The molecule has 1 heterocycles. The number of benzene rings is 3. The average molecular weight is 407 g/mol. The SMILES string of the molecule is O=C(O[C@@H](C(=O)Nc1ccc(F)cc1)c1ccccc1)[C@H]1COc2ccccc2O1. The van der Waals surface area contributed by atoms with Crippen LogP contribution in [-0.2, 0) is 14.3 Å². The number of anilines is 1. The summed E-state index contributed by atoms with van der Waals surface area (Å²) in [7, 11) is 0. The second kappa shape index (κ2) is 8.65. The van der Waals surface area contributed by atoms with E-state index in [-0.39, 0.29) is 6.61 Å². The van der Waals surface area contributed by atoms with Crippen molar-refractivity contribution < 1.29 is 28.2 Å². The van der Waals surface area contributed by atoms with Crippen molar-refractivity contribution in [1.82, 2.24) is 0 Å². The summed E-state index contributed by atoms with van der Waals surface area (Å²) in [5, 5.41) is 2.64. The molecule has 0 saturated carbocycles. The molecular formula is C23H18FNO5. The van der Waals surface area contributed by atoms with Crippen LogP contribution < -0.4 is 14.8 Å². The number of fused-ring (bicyclic) bond motifs is 1. The van der Waals surface area contributed by atoms with Crippen LogP contribution in [0.2, 0.25) is 0 Å². The molecule has 0 saturated heterocycles. The Labute approximate surface area is 172 Å². The number of rotatable bonds is 5. The molecule has 7 heteroatoms. The number of nitrogens with one attached hydrogen (secondary N) is 1. The molecule has 2 atom stereocenters. The van der Waals surface area contributed by atoms with Crippen LogP contribution >= 0.6 is 0 Å². The minimum Gasteiger partial charge on any atom is -0.485 e. The molecule has 0 spiro atoms. The Morgan fingerprint density at radius 3 is 2.33 bits per heavy atom. The quantitative estimate of drug-likeness (QED) is 0.650. The summed E-state index contributed by atoms with van der Waals surface area (Å²) in [6, 6.07) is 20.9. The van der Waals surface area contributed by atoms with Crippen molar-refractivity contribution in [2.75, 3.05) is 11.9 Å². The van der Waals surface area contributed by atoms with E-state index in [0.717, 1.165) is 0 Å². The number of halogens is 1. The van der Waals surface area contributed by atoms with Crippen LogP contribution in [-0.4, -0.2) is 24.6 Å². The normalized spacial score (nSPS) is 15.7. The minimum atomic E-state index is -1.22. The smallest absolute Gasteiger partial charge is 0.352 e. The summed E-state index contributed by atoms with van der Waals surface area (Å²) in [6.45, 7) is -0.0308. The minimum absolute atomic E-state index is 0.0308. The zero-order valence-corrected chi connectivity index (χ0v) is 15.8.